The van der Waals surface area contributed by atoms with E-state index in [1.165, 1.54) is 16.4 Å². The third-order valence-corrected chi connectivity index (χ3v) is 6.75. The second-order valence-electron chi connectivity index (χ2n) is 6.91. The molecule has 1 aliphatic heterocycles. The van der Waals surface area contributed by atoms with Crippen LogP contribution in [0.25, 0.3) is 0 Å². The van der Waals surface area contributed by atoms with Crippen molar-refractivity contribution in [2.75, 3.05) is 22.8 Å². The second-order valence-corrected chi connectivity index (χ2v) is 8.77. The van der Waals surface area contributed by atoms with Gasteiger partial charge in [0.1, 0.15) is 11.8 Å². The minimum atomic E-state index is -3.79. The highest BCUT2D eigenvalue weighted by molar-refractivity contribution is 7.92. The van der Waals surface area contributed by atoms with Gasteiger partial charge < -0.3 is 10.1 Å². The Morgan fingerprint density at radius 2 is 1.84 bits per heavy atom. The van der Waals surface area contributed by atoms with Crippen LogP contribution in [-0.4, -0.2) is 27.5 Å². The molecule has 31 heavy (non-hydrogen) atoms. The summed E-state index contributed by atoms with van der Waals surface area (Å²) in [6, 6.07) is 21.9. The average Bonchev–Trinajstić information content (AvgIpc) is 3.24. The Bertz CT molecular complexity index is 1260. The minimum Gasteiger partial charge on any atom is -0.479 e. The highest BCUT2D eigenvalue weighted by atomic mass is 32.2. The van der Waals surface area contributed by atoms with Crippen LogP contribution in [0, 0.1) is 11.3 Å². The van der Waals surface area contributed by atoms with Gasteiger partial charge in [-0.3, -0.25) is 9.10 Å². The molecule has 1 N–H and O–H groups in total. The van der Waals surface area contributed by atoms with Crippen LogP contribution in [0.4, 0.5) is 11.4 Å². The maximum Gasteiger partial charge on any atom is 0.264 e. The van der Waals surface area contributed by atoms with Crippen LogP contribution in [-0.2, 0) is 16.4 Å². The maximum atomic E-state index is 13.2. The number of sulfonamides is 1. The summed E-state index contributed by atoms with van der Waals surface area (Å²) >= 11 is 0. The van der Waals surface area contributed by atoms with Gasteiger partial charge in [-0.1, -0.05) is 24.3 Å². The topological polar surface area (TPSA) is 99.5 Å². The molecule has 3 aromatic rings. The lowest BCUT2D eigenvalue weighted by molar-refractivity contribution is 0.102. The molecule has 1 amide bonds. The van der Waals surface area contributed by atoms with E-state index < -0.39 is 15.9 Å². The highest BCUT2D eigenvalue weighted by Crippen LogP contribution is 2.32. The average molecular weight is 433 g/mol. The monoisotopic (exact) mass is 433 g/mol. The number of carbonyl (C=O) groups excluding carboxylic acids is 1. The van der Waals surface area contributed by atoms with Crippen molar-refractivity contribution in [2.24, 2.45) is 0 Å². The molecule has 4 rings (SSSR count). The van der Waals surface area contributed by atoms with Crippen molar-refractivity contribution in [3.8, 4) is 11.8 Å². The van der Waals surface area contributed by atoms with Gasteiger partial charge in [0.2, 0.25) is 0 Å². The van der Waals surface area contributed by atoms with Crippen LogP contribution in [0.15, 0.2) is 77.7 Å². The molecule has 156 valence electrons. The third-order valence-electron chi connectivity index (χ3n) is 4.94. The number of ether oxygens (including phenoxy) is 1. The number of nitrogens with zero attached hydrogens (tertiary/aromatic N) is 2. The molecule has 7 nitrogen and oxygen atoms in total. The van der Waals surface area contributed by atoms with Gasteiger partial charge in [0.15, 0.2) is 6.61 Å². The van der Waals surface area contributed by atoms with Crippen LogP contribution in [0.5, 0.6) is 5.75 Å². The number of hydrogen-bond acceptors (Lipinski definition) is 5. The molecule has 0 unspecified atom stereocenters. The van der Waals surface area contributed by atoms with Crippen molar-refractivity contribution in [3.05, 3.63) is 83.9 Å². The predicted octanol–water partition coefficient (Wildman–Crippen LogP) is 3.59. The van der Waals surface area contributed by atoms with E-state index >= 15 is 0 Å². The molecule has 0 fully saturated rings. The molecule has 0 spiro atoms. The van der Waals surface area contributed by atoms with Crippen molar-refractivity contribution >= 4 is 27.3 Å². The molecule has 1 heterocycles. The molecule has 0 saturated carbocycles. The molecular weight excluding hydrogens is 414 g/mol. The summed E-state index contributed by atoms with van der Waals surface area (Å²) < 4.78 is 33.0. The smallest absolute Gasteiger partial charge is 0.264 e. The van der Waals surface area contributed by atoms with Crippen molar-refractivity contribution in [2.45, 2.75) is 11.3 Å². The Morgan fingerprint density at radius 3 is 2.61 bits per heavy atom. The Labute approximate surface area is 180 Å². The molecule has 0 atom stereocenters. The fourth-order valence-corrected chi connectivity index (χ4v) is 4.99. The lowest BCUT2D eigenvalue weighted by Gasteiger charge is -2.20. The number of nitriles is 1. The summed E-state index contributed by atoms with van der Waals surface area (Å²) in [5, 5.41) is 11.3. The van der Waals surface area contributed by atoms with Gasteiger partial charge >= 0.3 is 0 Å². The van der Waals surface area contributed by atoms with Gasteiger partial charge in [-0.25, -0.2) is 8.42 Å². The van der Waals surface area contributed by atoms with E-state index in [1.807, 2.05) is 24.3 Å². The molecule has 0 aromatic heterocycles. The Kier molecular flexibility index (Phi) is 5.60. The normalized spacial score (nSPS) is 12.7. The molecule has 3 aromatic carbocycles. The first-order valence-electron chi connectivity index (χ1n) is 9.61. The summed E-state index contributed by atoms with van der Waals surface area (Å²) in [6.07, 6.45) is 0.656. The number of carbonyl (C=O) groups is 1. The number of rotatable bonds is 6. The number of anilines is 2. The predicted molar refractivity (Wildman–Crippen MR) is 117 cm³/mol. The largest absolute Gasteiger partial charge is 0.479 e. The number of nitrogens with one attached hydrogen (secondary N) is 1. The zero-order chi connectivity index (χ0) is 21.8. The molecule has 8 heteroatoms. The number of para-hydroxylation sites is 1. The summed E-state index contributed by atoms with van der Waals surface area (Å²) in [6.45, 7) is 0.312. The fraction of sp³-hybridized carbons (Fsp3) is 0.130. The van der Waals surface area contributed by atoms with E-state index in [0.717, 1.165) is 5.56 Å². The Hall–Kier alpha value is -3.83. The first-order valence-corrected chi connectivity index (χ1v) is 11.0. The second kappa shape index (κ2) is 8.50. The highest BCUT2D eigenvalue weighted by Gasteiger charge is 2.30. The lowest BCUT2D eigenvalue weighted by Crippen LogP contribution is -2.29. The van der Waals surface area contributed by atoms with E-state index in [4.69, 9.17) is 10.00 Å². The lowest BCUT2D eigenvalue weighted by atomic mass is 10.2. The third kappa shape index (κ3) is 4.22. The Balaban J connectivity index is 1.53. The van der Waals surface area contributed by atoms with Crippen LogP contribution in [0.3, 0.4) is 0 Å². The maximum absolute atomic E-state index is 13.2. The van der Waals surface area contributed by atoms with Gasteiger partial charge in [0.25, 0.3) is 15.9 Å². The van der Waals surface area contributed by atoms with Gasteiger partial charge in [-0.2, -0.15) is 5.26 Å². The fourth-order valence-electron chi connectivity index (χ4n) is 3.44. The number of benzene rings is 3. The van der Waals surface area contributed by atoms with Gasteiger partial charge in [-0.15, -0.1) is 0 Å². The van der Waals surface area contributed by atoms with Crippen molar-refractivity contribution in [1.29, 1.82) is 5.26 Å². The van der Waals surface area contributed by atoms with Crippen molar-refractivity contribution < 1.29 is 17.9 Å². The van der Waals surface area contributed by atoms with E-state index in [0.29, 0.717) is 30.1 Å². The molecule has 1 aliphatic rings. The molecular formula is C23H19N3O4S. The zero-order valence-electron chi connectivity index (χ0n) is 16.5. The number of hydrogen-bond donors (Lipinski definition) is 1. The van der Waals surface area contributed by atoms with Crippen molar-refractivity contribution in [1.82, 2.24) is 0 Å². The quantitative estimate of drug-likeness (QED) is 0.640. The first-order chi connectivity index (χ1) is 15.0. The van der Waals surface area contributed by atoms with Crippen LogP contribution in [0.2, 0.25) is 0 Å². The summed E-state index contributed by atoms with van der Waals surface area (Å²) in [5.41, 5.74) is 2.42. The number of amides is 1. The van der Waals surface area contributed by atoms with Gasteiger partial charge in [0.05, 0.1) is 10.6 Å². The van der Waals surface area contributed by atoms with Gasteiger partial charge in [-0.05, 0) is 60.5 Å². The van der Waals surface area contributed by atoms with E-state index in [1.54, 1.807) is 42.5 Å². The summed E-state index contributed by atoms with van der Waals surface area (Å²) in [5.74, 6) is 0.0862. The summed E-state index contributed by atoms with van der Waals surface area (Å²) in [7, 11) is -3.79. The Morgan fingerprint density at radius 1 is 1.06 bits per heavy atom. The molecule has 0 radical (unpaired) electrons. The molecule has 0 aliphatic carbocycles. The summed E-state index contributed by atoms with van der Waals surface area (Å²) in [4.78, 5) is 12.7. The van der Waals surface area contributed by atoms with E-state index in [-0.39, 0.29) is 17.1 Å². The van der Waals surface area contributed by atoms with Crippen LogP contribution >= 0.6 is 0 Å². The van der Waals surface area contributed by atoms with E-state index in [2.05, 4.69) is 5.32 Å². The van der Waals surface area contributed by atoms with Crippen LogP contribution < -0.4 is 14.4 Å². The van der Waals surface area contributed by atoms with Crippen LogP contribution in [0.1, 0.15) is 15.9 Å². The van der Waals surface area contributed by atoms with Crippen molar-refractivity contribution in [3.63, 3.8) is 0 Å². The minimum absolute atomic E-state index is 0.0610. The SMILES string of the molecule is N#CCOc1ccc(NC(=O)c2cccc(S(=O)(=O)N3CCc4ccccc43)c2)cc1. The number of fused-ring (bicyclic) bond motifs is 1. The first kappa shape index (κ1) is 20.4. The standard InChI is InChI=1S/C23H19N3O4S/c24-13-15-30-20-10-8-19(9-11-20)25-23(27)18-5-3-6-21(16-18)31(28,29)26-14-12-17-4-1-2-7-22(17)26/h1-11,16H,12,14-15H2,(H,25,27). The zero-order valence-corrected chi connectivity index (χ0v) is 17.3. The molecule has 0 saturated heterocycles. The van der Waals surface area contributed by atoms with E-state index in [9.17, 15) is 13.2 Å². The van der Waals surface area contributed by atoms with Gasteiger partial charge in [0, 0.05) is 17.8 Å². The molecule has 0 bridgehead atoms.